The van der Waals surface area contributed by atoms with Gasteiger partial charge in [0.25, 0.3) is 5.91 Å². The Labute approximate surface area is 187 Å². The van der Waals surface area contributed by atoms with E-state index >= 15 is 0 Å². The molecule has 0 N–H and O–H groups in total. The zero-order valence-corrected chi connectivity index (χ0v) is 18.7. The van der Waals surface area contributed by atoms with E-state index in [0.717, 1.165) is 16.9 Å². The summed E-state index contributed by atoms with van der Waals surface area (Å²) in [7, 11) is 0. The second kappa shape index (κ2) is 8.55. The third kappa shape index (κ3) is 4.35. The van der Waals surface area contributed by atoms with Gasteiger partial charge in [-0.15, -0.1) is 0 Å². The predicted octanol–water partition coefficient (Wildman–Crippen LogP) is 4.11. The van der Waals surface area contributed by atoms with Gasteiger partial charge in [0.2, 0.25) is 5.91 Å². The highest BCUT2D eigenvalue weighted by Crippen LogP contribution is 2.25. The molecule has 0 aliphatic carbocycles. The van der Waals surface area contributed by atoms with Gasteiger partial charge in [-0.05, 0) is 61.4 Å². The van der Waals surface area contributed by atoms with Crippen LogP contribution in [0, 0.1) is 13.8 Å². The van der Waals surface area contributed by atoms with Crippen molar-refractivity contribution in [2.75, 3.05) is 26.2 Å². The van der Waals surface area contributed by atoms with Crippen LogP contribution in [-0.2, 0) is 4.79 Å². The summed E-state index contributed by atoms with van der Waals surface area (Å²) in [5.74, 6) is -0.0592. The molecule has 2 amide bonds. The van der Waals surface area contributed by atoms with E-state index in [1.807, 2.05) is 24.3 Å². The van der Waals surface area contributed by atoms with Gasteiger partial charge in [0.1, 0.15) is 5.69 Å². The summed E-state index contributed by atoms with van der Waals surface area (Å²) in [5, 5.41) is 5.40. The molecular formula is C24H25ClN4O2. The lowest BCUT2D eigenvalue weighted by molar-refractivity contribution is -0.130. The van der Waals surface area contributed by atoms with Crippen LogP contribution in [0.1, 0.15) is 28.5 Å². The molecule has 1 aromatic heterocycles. The SMILES string of the molecule is CC(=O)N1CCN(C(=O)c2cc(-c3ccc(C)c(C)c3)nn2-c2ccc(Cl)cc2)CC1. The molecule has 0 radical (unpaired) electrons. The lowest BCUT2D eigenvalue weighted by Crippen LogP contribution is -2.50. The molecule has 6 nitrogen and oxygen atoms in total. The maximum absolute atomic E-state index is 13.4. The molecule has 0 spiro atoms. The average Bonchev–Trinajstić information content (AvgIpc) is 3.21. The summed E-state index contributed by atoms with van der Waals surface area (Å²) in [6.07, 6.45) is 0. The fourth-order valence-corrected chi connectivity index (χ4v) is 3.87. The molecule has 1 fully saturated rings. The van der Waals surface area contributed by atoms with Crippen molar-refractivity contribution in [3.8, 4) is 16.9 Å². The van der Waals surface area contributed by atoms with Crippen LogP contribution in [0.4, 0.5) is 0 Å². The zero-order chi connectivity index (χ0) is 22.1. The Morgan fingerprint density at radius 2 is 1.52 bits per heavy atom. The molecule has 0 saturated carbocycles. The molecule has 7 heteroatoms. The van der Waals surface area contributed by atoms with E-state index in [-0.39, 0.29) is 11.8 Å². The van der Waals surface area contributed by atoms with Gasteiger partial charge in [-0.3, -0.25) is 9.59 Å². The van der Waals surface area contributed by atoms with Crippen LogP contribution in [0.15, 0.2) is 48.5 Å². The van der Waals surface area contributed by atoms with Gasteiger partial charge in [-0.2, -0.15) is 5.10 Å². The van der Waals surface area contributed by atoms with Gasteiger partial charge in [0.15, 0.2) is 0 Å². The number of piperazine rings is 1. The summed E-state index contributed by atoms with van der Waals surface area (Å²) in [6.45, 7) is 7.78. The minimum Gasteiger partial charge on any atom is -0.339 e. The van der Waals surface area contributed by atoms with Gasteiger partial charge in [-0.25, -0.2) is 4.68 Å². The highest BCUT2D eigenvalue weighted by atomic mass is 35.5. The van der Waals surface area contributed by atoms with E-state index in [9.17, 15) is 9.59 Å². The van der Waals surface area contributed by atoms with Crippen molar-refractivity contribution in [3.63, 3.8) is 0 Å². The zero-order valence-electron chi connectivity index (χ0n) is 17.9. The number of hydrogen-bond acceptors (Lipinski definition) is 3. The number of carbonyl (C=O) groups excluding carboxylic acids is 2. The molecule has 0 unspecified atom stereocenters. The third-order valence-corrected chi connectivity index (χ3v) is 6.07. The standard InChI is InChI=1S/C24H25ClN4O2/c1-16-4-5-19(14-17(16)2)22-15-23(29(26-22)21-8-6-20(25)7-9-21)24(31)28-12-10-27(11-13-28)18(3)30/h4-9,14-15H,10-13H2,1-3H3. The number of halogens is 1. The summed E-state index contributed by atoms with van der Waals surface area (Å²) in [5.41, 5.74) is 5.35. The normalized spacial score (nSPS) is 14.1. The van der Waals surface area contributed by atoms with Crippen LogP contribution in [0.5, 0.6) is 0 Å². The third-order valence-electron chi connectivity index (χ3n) is 5.81. The predicted molar refractivity (Wildman–Crippen MR) is 122 cm³/mol. The van der Waals surface area contributed by atoms with E-state index in [1.54, 1.807) is 33.5 Å². The number of aromatic nitrogens is 2. The van der Waals surface area contributed by atoms with E-state index in [1.165, 1.54) is 11.1 Å². The van der Waals surface area contributed by atoms with Gasteiger partial charge in [-0.1, -0.05) is 23.7 Å². The van der Waals surface area contributed by atoms with Gasteiger partial charge < -0.3 is 9.80 Å². The number of nitrogens with zero attached hydrogens (tertiary/aromatic N) is 4. The number of hydrogen-bond donors (Lipinski definition) is 0. The summed E-state index contributed by atoms with van der Waals surface area (Å²) >= 11 is 6.06. The largest absolute Gasteiger partial charge is 0.339 e. The van der Waals surface area contributed by atoms with Crippen molar-refractivity contribution in [2.45, 2.75) is 20.8 Å². The molecule has 2 heterocycles. The van der Waals surface area contributed by atoms with Gasteiger partial charge in [0, 0.05) is 43.7 Å². The van der Waals surface area contributed by atoms with Crippen LogP contribution in [0.3, 0.4) is 0 Å². The minimum absolute atomic E-state index is 0.0373. The molecule has 1 aliphatic heterocycles. The Bertz CT molecular complexity index is 1130. The Balaban J connectivity index is 1.72. The Hall–Kier alpha value is -3.12. The van der Waals surface area contributed by atoms with Crippen LogP contribution in [-0.4, -0.2) is 57.6 Å². The number of rotatable bonds is 3. The Morgan fingerprint density at radius 3 is 2.13 bits per heavy atom. The summed E-state index contributed by atoms with van der Waals surface area (Å²) in [6, 6.07) is 15.3. The summed E-state index contributed by atoms with van der Waals surface area (Å²) in [4.78, 5) is 28.6. The highest BCUT2D eigenvalue weighted by molar-refractivity contribution is 6.30. The second-order valence-electron chi connectivity index (χ2n) is 7.90. The van der Waals surface area contributed by atoms with Crippen molar-refractivity contribution in [2.24, 2.45) is 0 Å². The molecule has 1 aliphatic rings. The molecule has 160 valence electrons. The molecule has 0 bridgehead atoms. The number of carbonyl (C=O) groups is 2. The first-order valence-corrected chi connectivity index (χ1v) is 10.7. The minimum atomic E-state index is -0.0965. The molecule has 1 saturated heterocycles. The first kappa shape index (κ1) is 21.1. The van der Waals surface area contributed by atoms with Crippen molar-refractivity contribution >= 4 is 23.4 Å². The quantitative estimate of drug-likeness (QED) is 0.620. The maximum atomic E-state index is 13.4. The fourth-order valence-electron chi connectivity index (χ4n) is 3.74. The van der Waals surface area contributed by atoms with E-state index in [2.05, 4.69) is 26.0 Å². The first-order chi connectivity index (χ1) is 14.8. The Kier molecular flexibility index (Phi) is 5.83. The number of amides is 2. The maximum Gasteiger partial charge on any atom is 0.272 e. The average molecular weight is 437 g/mol. The van der Waals surface area contributed by atoms with Crippen LogP contribution in [0.25, 0.3) is 16.9 Å². The summed E-state index contributed by atoms with van der Waals surface area (Å²) < 4.78 is 1.68. The van der Waals surface area contributed by atoms with Crippen LogP contribution in [0.2, 0.25) is 5.02 Å². The lowest BCUT2D eigenvalue weighted by Gasteiger charge is -2.34. The molecule has 3 aromatic rings. The highest BCUT2D eigenvalue weighted by Gasteiger charge is 2.27. The van der Waals surface area contributed by atoms with Crippen molar-refractivity contribution in [1.29, 1.82) is 0 Å². The van der Waals surface area contributed by atoms with Crippen molar-refractivity contribution in [3.05, 3.63) is 70.4 Å². The first-order valence-electron chi connectivity index (χ1n) is 10.3. The number of aryl methyl sites for hydroxylation is 2. The van der Waals surface area contributed by atoms with Crippen molar-refractivity contribution in [1.82, 2.24) is 19.6 Å². The van der Waals surface area contributed by atoms with Crippen molar-refractivity contribution < 1.29 is 9.59 Å². The van der Waals surface area contributed by atoms with E-state index < -0.39 is 0 Å². The molecule has 4 rings (SSSR count). The lowest BCUT2D eigenvalue weighted by atomic mass is 10.0. The Morgan fingerprint density at radius 1 is 0.871 bits per heavy atom. The van der Waals surface area contributed by atoms with E-state index in [0.29, 0.717) is 36.9 Å². The smallest absolute Gasteiger partial charge is 0.272 e. The fraction of sp³-hybridized carbons (Fsp3) is 0.292. The molecule has 0 atom stereocenters. The monoisotopic (exact) mass is 436 g/mol. The van der Waals surface area contributed by atoms with Crippen LogP contribution < -0.4 is 0 Å². The van der Waals surface area contributed by atoms with Crippen LogP contribution >= 0.6 is 11.6 Å². The number of benzene rings is 2. The molecule has 31 heavy (non-hydrogen) atoms. The van der Waals surface area contributed by atoms with Gasteiger partial charge in [0.05, 0.1) is 11.4 Å². The second-order valence-corrected chi connectivity index (χ2v) is 8.34. The topological polar surface area (TPSA) is 58.4 Å². The molecular weight excluding hydrogens is 412 g/mol. The van der Waals surface area contributed by atoms with E-state index in [4.69, 9.17) is 16.7 Å². The van der Waals surface area contributed by atoms with Gasteiger partial charge >= 0.3 is 0 Å². The molecule has 2 aromatic carbocycles.